The summed E-state index contributed by atoms with van der Waals surface area (Å²) in [4.78, 5) is 27.0. The first kappa shape index (κ1) is 23.6. The van der Waals surface area contributed by atoms with Crippen LogP contribution >= 0.6 is 0 Å². The van der Waals surface area contributed by atoms with Crippen LogP contribution in [0.4, 0.5) is 4.39 Å². The minimum Gasteiger partial charge on any atom is -0.350 e. The van der Waals surface area contributed by atoms with Gasteiger partial charge in [0.05, 0.1) is 12.2 Å². The van der Waals surface area contributed by atoms with Crippen LogP contribution in [0.1, 0.15) is 59.1 Å². The van der Waals surface area contributed by atoms with Gasteiger partial charge in [-0.05, 0) is 41.7 Å². The molecule has 0 radical (unpaired) electrons. The van der Waals surface area contributed by atoms with Crippen LogP contribution in [-0.2, 0) is 17.9 Å². The Labute approximate surface area is 199 Å². The molecule has 2 amide bonds. The quantitative estimate of drug-likeness (QED) is 0.553. The molecule has 1 aliphatic rings. The summed E-state index contributed by atoms with van der Waals surface area (Å²) < 4.78 is 14.7. The zero-order chi connectivity index (χ0) is 24.2. The maximum atomic E-state index is 13.1. The molecular formula is C26H30FN5O2. The first-order valence-corrected chi connectivity index (χ1v) is 11.6. The number of nitrogens with zero attached hydrogens (tertiary/aromatic N) is 4. The lowest BCUT2D eigenvalue weighted by Crippen LogP contribution is -2.31. The maximum Gasteiger partial charge on any atom is 0.273 e. The van der Waals surface area contributed by atoms with Gasteiger partial charge in [-0.25, -0.2) is 9.07 Å². The van der Waals surface area contributed by atoms with E-state index in [-0.39, 0.29) is 29.2 Å². The van der Waals surface area contributed by atoms with Gasteiger partial charge in [-0.15, -0.1) is 5.10 Å². The Hall–Kier alpha value is -3.55. The largest absolute Gasteiger partial charge is 0.350 e. The third-order valence-corrected chi connectivity index (χ3v) is 6.31. The Bertz CT molecular complexity index is 1150. The highest BCUT2D eigenvalue weighted by molar-refractivity contribution is 5.93. The van der Waals surface area contributed by atoms with Gasteiger partial charge >= 0.3 is 0 Å². The topological polar surface area (TPSA) is 80.1 Å². The molecule has 2 heterocycles. The average molecular weight is 464 g/mol. The van der Waals surface area contributed by atoms with E-state index in [9.17, 15) is 14.0 Å². The Kier molecular flexibility index (Phi) is 7.05. The number of aromatic nitrogens is 3. The van der Waals surface area contributed by atoms with E-state index in [2.05, 4.69) is 53.7 Å². The second-order valence-corrected chi connectivity index (χ2v) is 9.26. The normalized spacial score (nSPS) is 15.9. The molecule has 0 aliphatic carbocycles. The molecule has 1 aromatic heterocycles. The Balaban J connectivity index is 1.30. The smallest absolute Gasteiger partial charge is 0.273 e. The SMILES string of the molecule is Cc1c(C(=O)NCC2CC(=O)N(Cc3ccc(C(C)C)cc3)C2)nnn1Cc1ccc(F)cc1. The Morgan fingerprint density at radius 2 is 1.74 bits per heavy atom. The highest BCUT2D eigenvalue weighted by Crippen LogP contribution is 2.21. The van der Waals surface area contributed by atoms with E-state index in [1.54, 1.807) is 23.7 Å². The molecule has 7 nitrogen and oxygen atoms in total. The molecule has 1 N–H and O–H groups in total. The summed E-state index contributed by atoms with van der Waals surface area (Å²) in [7, 11) is 0. The maximum absolute atomic E-state index is 13.1. The minimum absolute atomic E-state index is 0.0564. The van der Waals surface area contributed by atoms with Crippen molar-refractivity contribution in [3.8, 4) is 0 Å². The van der Waals surface area contributed by atoms with Crippen LogP contribution in [0, 0.1) is 18.7 Å². The number of rotatable bonds is 8. The number of benzene rings is 2. The van der Waals surface area contributed by atoms with E-state index in [0.717, 1.165) is 11.1 Å². The Morgan fingerprint density at radius 3 is 2.41 bits per heavy atom. The third kappa shape index (κ3) is 5.50. The lowest BCUT2D eigenvalue weighted by Gasteiger charge is -2.17. The number of carbonyl (C=O) groups is 2. The lowest BCUT2D eigenvalue weighted by atomic mass is 10.0. The molecule has 0 spiro atoms. The second-order valence-electron chi connectivity index (χ2n) is 9.26. The molecule has 4 rings (SSSR count). The van der Waals surface area contributed by atoms with E-state index < -0.39 is 0 Å². The fraction of sp³-hybridized carbons (Fsp3) is 0.385. The van der Waals surface area contributed by atoms with Crippen molar-refractivity contribution in [1.82, 2.24) is 25.2 Å². The summed E-state index contributed by atoms with van der Waals surface area (Å²) in [6.45, 7) is 8.09. The fourth-order valence-electron chi connectivity index (χ4n) is 4.18. The van der Waals surface area contributed by atoms with Crippen LogP contribution in [0.25, 0.3) is 0 Å². The molecule has 34 heavy (non-hydrogen) atoms. The number of halogens is 1. The average Bonchev–Trinajstić information content (AvgIpc) is 3.36. The van der Waals surface area contributed by atoms with E-state index in [0.29, 0.717) is 44.2 Å². The van der Waals surface area contributed by atoms with Gasteiger partial charge in [0.25, 0.3) is 5.91 Å². The van der Waals surface area contributed by atoms with Crippen molar-refractivity contribution in [3.05, 3.63) is 82.4 Å². The van der Waals surface area contributed by atoms with Crippen LogP contribution in [0.5, 0.6) is 0 Å². The van der Waals surface area contributed by atoms with Gasteiger partial charge in [0.1, 0.15) is 5.82 Å². The van der Waals surface area contributed by atoms with Gasteiger partial charge < -0.3 is 10.2 Å². The highest BCUT2D eigenvalue weighted by atomic mass is 19.1. The molecule has 2 aromatic carbocycles. The molecular weight excluding hydrogens is 433 g/mol. The molecule has 1 atom stereocenters. The van der Waals surface area contributed by atoms with Crippen molar-refractivity contribution in [1.29, 1.82) is 0 Å². The molecule has 0 saturated carbocycles. The molecule has 1 fully saturated rings. The number of carbonyl (C=O) groups excluding carboxylic acids is 2. The monoisotopic (exact) mass is 463 g/mol. The number of likely N-dealkylation sites (tertiary alicyclic amines) is 1. The first-order chi connectivity index (χ1) is 16.3. The first-order valence-electron chi connectivity index (χ1n) is 11.6. The van der Waals surface area contributed by atoms with Crippen molar-refractivity contribution in [2.24, 2.45) is 5.92 Å². The van der Waals surface area contributed by atoms with Gasteiger partial charge in [0.2, 0.25) is 5.91 Å². The predicted octanol–water partition coefficient (Wildman–Crippen LogP) is 3.68. The van der Waals surface area contributed by atoms with Crippen LogP contribution < -0.4 is 5.32 Å². The summed E-state index contributed by atoms with van der Waals surface area (Å²) in [6, 6.07) is 14.5. The van der Waals surface area contributed by atoms with E-state index in [1.165, 1.54) is 17.7 Å². The van der Waals surface area contributed by atoms with Crippen LogP contribution in [-0.4, -0.2) is 44.8 Å². The van der Waals surface area contributed by atoms with Gasteiger partial charge in [-0.1, -0.05) is 55.5 Å². The summed E-state index contributed by atoms with van der Waals surface area (Å²) in [5, 5.41) is 11.0. The summed E-state index contributed by atoms with van der Waals surface area (Å²) >= 11 is 0. The molecule has 3 aromatic rings. The Morgan fingerprint density at radius 1 is 1.09 bits per heavy atom. The molecule has 0 bridgehead atoms. The predicted molar refractivity (Wildman–Crippen MR) is 127 cm³/mol. The molecule has 8 heteroatoms. The van der Waals surface area contributed by atoms with Crippen LogP contribution in [0.15, 0.2) is 48.5 Å². The van der Waals surface area contributed by atoms with Crippen LogP contribution in [0.3, 0.4) is 0 Å². The number of hydrogen-bond acceptors (Lipinski definition) is 4. The molecule has 178 valence electrons. The number of hydrogen-bond donors (Lipinski definition) is 1. The van der Waals surface area contributed by atoms with Crippen molar-refractivity contribution in [3.63, 3.8) is 0 Å². The summed E-state index contributed by atoms with van der Waals surface area (Å²) in [6.07, 6.45) is 0.417. The van der Waals surface area contributed by atoms with E-state index in [1.807, 2.05) is 4.90 Å². The van der Waals surface area contributed by atoms with Gasteiger partial charge in [-0.2, -0.15) is 0 Å². The zero-order valence-corrected chi connectivity index (χ0v) is 19.8. The van der Waals surface area contributed by atoms with Crippen molar-refractivity contribution in [2.75, 3.05) is 13.1 Å². The van der Waals surface area contributed by atoms with Gasteiger partial charge in [0.15, 0.2) is 5.69 Å². The zero-order valence-electron chi connectivity index (χ0n) is 19.8. The third-order valence-electron chi connectivity index (χ3n) is 6.31. The summed E-state index contributed by atoms with van der Waals surface area (Å²) in [5.41, 5.74) is 4.15. The second kappa shape index (κ2) is 10.2. The van der Waals surface area contributed by atoms with Crippen LogP contribution in [0.2, 0.25) is 0 Å². The van der Waals surface area contributed by atoms with Crippen molar-refractivity contribution < 1.29 is 14.0 Å². The lowest BCUT2D eigenvalue weighted by molar-refractivity contribution is -0.128. The number of amides is 2. The summed E-state index contributed by atoms with van der Waals surface area (Å²) in [5.74, 6) is 0.0309. The van der Waals surface area contributed by atoms with Crippen molar-refractivity contribution >= 4 is 11.8 Å². The van der Waals surface area contributed by atoms with Crippen molar-refractivity contribution in [2.45, 2.75) is 46.2 Å². The highest BCUT2D eigenvalue weighted by Gasteiger charge is 2.30. The molecule has 1 saturated heterocycles. The molecule has 1 unspecified atom stereocenters. The standard InChI is InChI=1S/C26H30FN5O2/c1-17(2)22-8-4-19(5-9-22)14-31-15-21(12-24(31)33)13-28-26(34)25-18(3)32(30-29-25)16-20-6-10-23(27)11-7-20/h4-11,17,21H,12-16H2,1-3H3,(H,28,34). The fourth-order valence-corrected chi connectivity index (χ4v) is 4.18. The molecule has 1 aliphatic heterocycles. The minimum atomic E-state index is -0.307. The number of nitrogens with one attached hydrogen (secondary N) is 1. The van der Waals surface area contributed by atoms with Gasteiger partial charge in [-0.3, -0.25) is 9.59 Å². The van der Waals surface area contributed by atoms with E-state index in [4.69, 9.17) is 0 Å². The van der Waals surface area contributed by atoms with Gasteiger partial charge in [0, 0.05) is 32.0 Å². The van der Waals surface area contributed by atoms with E-state index >= 15 is 0 Å².